The van der Waals surface area contributed by atoms with Gasteiger partial charge in [-0.2, -0.15) is 0 Å². The Morgan fingerprint density at radius 3 is 2.84 bits per heavy atom. The summed E-state index contributed by atoms with van der Waals surface area (Å²) in [5.74, 6) is 1.33. The number of para-hydroxylation sites is 2. The van der Waals surface area contributed by atoms with Crippen molar-refractivity contribution >= 4 is 46.3 Å². The number of pyridine rings is 1. The third kappa shape index (κ3) is 6.30. The molecule has 0 saturated carbocycles. The van der Waals surface area contributed by atoms with Gasteiger partial charge < -0.3 is 25.8 Å². The standard InChI is InChI=1S/C26H29FN8OS/c27-19-7-5-18(6-8-19)16-35-24-4-2-1-3-22(24)31-25(35)30-20-10-12-34(17-20)13-14-37-33-26(36)32-23-15-29-11-9-21(23)28/h1-9,11,15,20H,10,12-14,16-17H2,(H2,28,29)(H,30,31)(H2,32,33,36). The zero-order valence-corrected chi connectivity index (χ0v) is 21.0. The van der Waals surface area contributed by atoms with Crippen molar-refractivity contribution in [3.05, 3.63) is 78.4 Å². The number of aromatic nitrogens is 3. The maximum absolute atomic E-state index is 13.4. The van der Waals surface area contributed by atoms with E-state index >= 15 is 0 Å². The molecule has 2 amide bonds. The number of carbonyl (C=O) groups excluding carboxylic acids is 1. The van der Waals surface area contributed by atoms with E-state index in [0.717, 1.165) is 54.4 Å². The molecule has 4 aromatic rings. The van der Waals surface area contributed by atoms with Crippen LogP contribution in [0.4, 0.5) is 26.5 Å². The fourth-order valence-corrected chi connectivity index (χ4v) is 5.04. The van der Waals surface area contributed by atoms with Crippen molar-refractivity contribution in [2.45, 2.75) is 19.0 Å². The Morgan fingerprint density at radius 2 is 2.00 bits per heavy atom. The number of nitrogens with one attached hydrogen (secondary N) is 3. The molecule has 0 radical (unpaired) electrons. The number of likely N-dealkylation sites (tertiary alicyclic amines) is 1. The van der Waals surface area contributed by atoms with Crippen LogP contribution < -0.4 is 21.1 Å². The first-order valence-electron chi connectivity index (χ1n) is 12.1. The molecule has 2 aromatic carbocycles. The summed E-state index contributed by atoms with van der Waals surface area (Å²) in [6.45, 7) is 3.31. The Labute approximate surface area is 218 Å². The first-order chi connectivity index (χ1) is 18.0. The summed E-state index contributed by atoms with van der Waals surface area (Å²) in [7, 11) is 0. The van der Waals surface area contributed by atoms with Crippen molar-refractivity contribution in [3.63, 3.8) is 0 Å². The molecule has 1 atom stereocenters. The van der Waals surface area contributed by atoms with Gasteiger partial charge in [0.15, 0.2) is 0 Å². The number of carbonyl (C=O) groups is 1. The molecule has 1 fully saturated rings. The molecule has 5 rings (SSSR count). The highest BCUT2D eigenvalue weighted by Gasteiger charge is 2.24. The van der Waals surface area contributed by atoms with Gasteiger partial charge in [0, 0.05) is 37.6 Å². The molecule has 0 spiro atoms. The van der Waals surface area contributed by atoms with Gasteiger partial charge in [0.05, 0.1) is 35.1 Å². The van der Waals surface area contributed by atoms with Crippen LogP contribution in [0.3, 0.4) is 0 Å². The molecule has 192 valence electrons. The molecule has 0 aliphatic carbocycles. The molecule has 9 nitrogen and oxygen atoms in total. The number of nitrogens with two attached hydrogens (primary N) is 1. The van der Waals surface area contributed by atoms with Crippen LogP contribution in [0.2, 0.25) is 0 Å². The Balaban J connectivity index is 1.12. The highest BCUT2D eigenvalue weighted by molar-refractivity contribution is 7.97. The topological polar surface area (TPSA) is 113 Å². The van der Waals surface area contributed by atoms with Gasteiger partial charge in [0.1, 0.15) is 5.82 Å². The summed E-state index contributed by atoms with van der Waals surface area (Å²) in [4.78, 5) is 23.3. The van der Waals surface area contributed by atoms with Crippen LogP contribution in [-0.2, 0) is 6.54 Å². The molecule has 1 aliphatic rings. The van der Waals surface area contributed by atoms with Gasteiger partial charge in [0.25, 0.3) is 0 Å². The van der Waals surface area contributed by atoms with E-state index in [1.54, 1.807) is 12.3 Å². The summed E-state index contributed by atoms with van der Waals surface area (Å²) < 4.78 is 18.3. The second-order valence-electron chi connectivity index (χ2n) is 8.93. The number of hydrogen-bond donors (Lipinski definition) is 4. The van der Waals surface area contributed by atoms with E-state index in [2.05, 4.69) is 35.9 Å². The van der Waals surface area contributed by atoms with Crippen molar-refractivity contribution in [1.82, 2.24) is 24.2 Å². The lowest BCUT2D eigenvalue weighted by Gasteiger charge is -2.18. The van der Waals surface area contributed by atoms with Crippen LogP contribution in [0.25, 0.3) is 11.0 Å². The van der Waals surface area contributed by atoms with Crippen LogP contribution in [0.15, 0.2) is 67.0 Å². The molecule has 5 N–H and O–H groups in total. The number of hydrogen-bond acceptors (Lipinski definition) is 7. The van der Waals surface area contributed by atoms with E-state index in [1.807, 2.05) is 30.3 Å². The number of halogens is 1. The van der Waals surface area contributed by atoms with Crippen LogP contribution in [-0.4, -0.2) is 56.9 Å². The number of imidazole rings is 1. The van der Waals surface area contributed by atoms with Crippen LogP contribution in [0.1, 0.15) is 12.0 Å². The average Bonchev–Trinajstić information content (AvgIpc) is 3.49. The highest BCUT2D eigenvalue weighted by atomic mass is 32.2. The lowest BCUT2D eigenvalue weighted by molar-refractivity contribution is 0.257. The summed E-state index contributed by atoms with van der Waals surface area (Å²) in [6.07, 6.45) is 4.09. The summed E-state index contributed by atoms with van der Waals surface area (Å²) in [5.41, 5.74) is 9.76. The number of rotatable bonds is 9. The van der Waals surface area contributed by atoms with Crippen LogP contribution in [0, 0.1) is 5.82 Å². The fraction of sp³-hybridized carbons (Fsp3) is 0.269. The molecule has 37 heavy (non-hydrogen) atoms. The zero-order chi connectivity index (χ0) is 25.6. The number of fused-ring (bicyclic) bond motifs is 1. The van der Waals surface area contributed by atoms with Crippen molar-refractivity contribution in [3.8, 4) is 0 Å². The maximum Gasteiger partial charge on any atom is 0.329 e. The summed E-state index contributed by atoms with van der Waals surface area (Å²) >= 11 is 1.36. The molecular weight excluding hydrogens is 491 g/mol. The van der Waals surface area contributed by atoms with Crippen molar-refractivity contribution in [1.29, 1.82) is 0 Å². The maximum atomic E-state index is 13.4. The number of benzene rings is 2. The highest BCUT2D eigenvalue weighted by Crippen LogP contribution is 2.24. The van der Waals surface area contributed by atoms with Gasteiger partial charge in [-0.15, -0.1) is 0 Å². The van der Waals surface area contributed by atoms with Gasteiger partial charge in [0.2, 0.25) is 5.95 Å². The normalized spacial score (nSPS) is 15.6. The van der Waals surface area contributed by atoms with Gasteiger partial charge in [-0.3, -0.25) is 9.71 Å². The minimum absolute atomic E-state index is 0.240. The molecular formula is C26H29FN8OS. The van der Waals surface area contributed by atoms with E-state index < -0.39 is 0 Å². The van der Waals surface area contributed by atoms with Gasteiger partial charge in [-0.25, -0.2) is 14.2 Å². The SMILES string of the molecule is Nc1ccncc1NC(=O)NSCCN1CCC(Nc2nc3ccccc3n2Cc2ccc(F)cc2)C1. The smallest absolute Gasteiger partial charge is 0.329 e. The average molecular weight is 521 g/mol. The number of urea groups is 1. The third-order valence-corrected chi connectivity index (χ3v) is 7.01. The summed E-state index contributed by atoms with van der Waals surface area (Å²) in [6, 6.07) is 16.2. The quantitative estimate of drug-likeness (QED) is 0.194. The monoisotopic (exact) mass is 520 g/mol. The van der Waals surface area contributed by atoms with E-state index in [9.17, 15) is 9.18 Å². The lowest BCUT2D eigenvalue weighted by Crippen LogP contribution is -2.30. The number of nitrogens with zero attached hydrogens (tertiary/aromatic N) is 4. The van der Waals surface area contributed by atoms with Crippen molar-refractivity contribution in [2.24, 2.45) is 0 Å². The fourth-order valence-electron chi connectivity index (χ4n) is 4.40. The Bertz CT molecular complexity index is 1360. The van der Waals surface area contributed by atoms with Crippen molar-refractivity contribution < 1.29 is 9.18 Å². The molecule has 2 aromatic heterocycles. The van der Waals surface area contributed by atoms with Gasteiger partial charge >= 0.3 is 6.03 Å². The largest absolute Gasteiger partial charge is 0.397 e. The first-order valence-corrected chi connectivity index (χ1v) is 13.1. The van der Waals surface area contributed by atoms with Crippen LogP contribution >= 0.6 is 11.9 Å². The molecule has 11 heteroatoms. The molecule has 1 aliphatic heterocycles. The molecule has 1 unspecified atom stereocenters. The second-order valence-corrected chi connectivity index (χ2v) is 9.84. The predicted molar refractivity (Wildman–Crippen MR) is 147 cm³/mol. The van der Waals surface area contributed by atoms with E-state index in [1.165, 1.54) is 30.3 Å². The van der Waals surface area contributed by atoms with Crippen molar-refractivity contribution in [2.75, 3.05) is 41.8 Å². The molecule has 1 saturated heterocycles. The minimum atomic E-state index is -0.328. The third-order valence-electron chi connectivity index (χ3n) is 6.29. The number of anilines is 3. The first kappa shape index (κ1) is 24.8. The van der Waals surface area contributed by atoms with Gasteiger partial charge in [-0.05, 0) is 54.3 Å². The predicted octanol–water partition coefficient (Wildman–Crippen LogP) is 4.16. The molecule has 3 heterocycles. The molecule has 0 bridgehead atoms. The minimum Gasteiger partial charge on any atom is -0.397 e. The number of amides is 2. The second kappa shape index (κ2) is 11.5. The zero-order valence-electron chi connectivity index (χ0n) is 20.2. The lowest BCUT2D eigenvalue weighted by atomic mass is 10.2. The Morgan fingerprint density at radius 1 is 1.16 bits per heavy atom. The van der Waals surface area contributed by atoms with E-state index in [4.69, 9.17) is 10.7 Å². The van der Waals surface area contributed by atoms with E-state index in [0.29, 0.717) is 17.9 Å². The Hall–Kier alpha value is -3.83. The summed E-state index contributed by atoms with van der Waals surface area (Å²) in [5, 5.41) is 6.33. The van der Waals surface area contributed by atoms with Gasteiger partial charge in [-0.1, -0.05) is 24.3 Å². The Kier molecular flexibility index (Phi) is 7.71. The van der Waals surface area contributed by atoms with Crippen LogP contribution in [0.5, 0.6) is 0 Å². The van der Waals surface area contributed by atoms with E-state index in [-0.39, 0.29) is 17.9 Å². The number of nitrogen functional groups attached to an aromatic ring is 1.